The van der Waals surface area contributed by atoms with Crippen LogP contribution in [0, 0.1) is 5.41 Å². The normalized spacial score (nSPS) is 17.2. The smallest absolute Gasteiger partial charge is 0.0558 e. The van der Waals surface area contributed by atoms with Gasteiger partial charge in [-0.05, 0) is 6.92 Å². The van der Waals surface area contributed by atoms with Crippen LogP contribution >= 0.6 is 18.4 Å². The maximum Gasteiger partial charge on any atom is 0.458 e. The fourth-order valence-electron chi connectivity index (χ4n) is 0.304. The number of hydrogen-bond donors (Lipinski definition) is 0. The standard InChI is InChI=1S/C6H13ClOP/c1-5(9(7)8)6(2,3)4/h5H,1-4H3/q+1. The Balaban J connectivity index is 4.04. The van der Waals surface area contributed by atoms with Crippen LogP contribution in [0.3, 0.4) is 0 Å². The molecule has 0 saturated carbocycles. The zero-order valence-electron chi connectivity index (χ0n) is 6.31. The third-order valence-corrected chi connectivity index (χ3v) is 3.82. The minimum absolute atomic E-state index is 0.0647. The van der Waals surface area contributed by atoms with Gasteiger partial charge >= 0.3 is 7.15 Å². The molecule has 0 bridgehead atoms. The van der Waals surface area contributed by atoms with E-state index in [0.29, 0.717) is 0 Å². The zero-order valence-corrected chi connectivity index (χ0v) is 7.96. The van der Waals surface area contributed by atoms with E-state index >= 15 is 0 Å². The first kappa shape index (κ1) is 9.39. The van der Waals surface area contributed by atoms with Gasteiger partial charge in [-0.2, -0.15) is 0 Å². The van der Waals surface area contributed by atoms with Crippen molar-refractivity contribution in [3.8, 4) is 0 Å². The zero-order chi connectivity index (χ0) is 7.65. The van der Waals surface area contributed by atoms with Crippen LogP contribution in [0.2, 0.25) is 0 Å². The van der Waals surface area contributed by atoms with E-state index in [1.165, 1.54) is 0 Å². The first-order valence-corrected chi connectivity index (χ1v) is 5.21. The maximum absolute atomic E-state index is 10.7. The van der Waals surface area contributed by atoms with E-state index in [2.05, 4.69) is 0 Å². The van der Waals surface area contributed by atoms with Crippen molar-refractivity contribution >= 4 is 18.4 Å². The highest BCUT2D eigenvalue weighted by Crippen LogP contribution is 2.42. The monoisotopic (exact) mass is 167 g/mol. The van der Waals surface area contributed by atoms with E-state index in [4.69, 9.17) is 11.2 Å². The predicted molar refractivity (Wildman–Crippen MR) is 42.4 cm³/mol. The van der Waals surface area contributed by atoms with Crippen LogP contribution in [0.4, 0.5) is 0 Å². The summed E-state index contributed by atoms with van der Waals surface area (Å²) in [6, 6.07) is 0. The topological polar surface area (TPSA) is 17.1 Å². The van der Waals surface area contributed by atoms with Gasteiger partial charge in [0.2, 0.25) is 11.2 Å². The van der Waals surface area contributed by atoms with Crippen molar-refractivity contribution in [3.63, 3.8) is 0 Å². The lowest BCUT2D eigenvalue weighted by atomic mass is 9.93. The molecule has 0 amide bonds. The molecule has 9 heavy (non-hydrogen) atoms. The number of hydrogen-bond acceptors (Lipinski definition) is 1. The Bertz CT molecular complexity index is 117. The Morgan fingerprint density at radius 1 is 1.44 bits per heavy atom. The molecule has 0 heterocycles. The molecule has 0 saturated heterocycles. The first-order valence-electron chi connectivity index (χ1n) is 2.98. The molecule has 3 heteroatoms. The molecule has 2 unspecified atom stereocenters. The van der Waals surface area contributed by atoms with E-state index in [1.54, 1.807) is 0 Å². The summed E-state index contributed by atoms with van der Waals surface area (Å²) in [6.07, 6.45) is 0. The molecular weight excluding hydrogens is 154 g/mol. The molecule has 0 rings (SSSR count). The second-order valence-corrected chi connectivity index (χ2v) is 5.63. The molecule has 0 aromatic heterocycles. The number of halogens is 1. The molecular formula is C6H13ClOP+. The molecule has 1 nitrogen and oxygen atoms in total. The average molecular weight is 168 g/mol. The SMILES string of the molecule is CC([P+](=O)Cl)C(C)(C)C. The van der Waals surface area contributed by atoms with Crippen molar-refractivity contribution < 1.29 is 4.57 Å². The molecule has 0 aromatic rings. The Kier molecular flexibility index (Phi) is 3.11. The van der Waals surface area contributed by atoms with Crippen LogP contribution in [-0.4, -0.2) is 5.66 Å². The number of rotatable bonds is 1. The van der Waals surface area contributed by atoms with Gasteiger partial charge in [0.15, 0.2) is 5.66 Å². The highest BCUT2D eigenvalue weighted by atomic mass is 35.7. The lowest BCUT2D eigenvalue weighted by Crippen LogP contribution is -2.18. The lowest BCUT2D eigenvalue weighted by Gasteiger charge is -2.16. The Hall–Kier alpha value is 0.390. The molecule has 0 radical (unpaired) electrons. The Morgan fingerprint density at radius 3 is 1.78 bits per heavy atom. The van der Waals surface area contributed by atoms with Crippen LogP contribution in [-0.2, 0) is 4.57 Å². The van der Waals surface area contributed by atoms with Crippen LogP contribution in [0.15, 0.2) is 0 Å². The van der Waals surface area contributed by atoms with E-state index in [1.807, 2.05) is 27.7 Å². The van der Waals surface area contributed by atoms with E-state index in [0.717, 1.165) is 0 Å². The van der Waals surface area contributed by atoms with Crippen LogP contribution in [0.1, 0.15) is 27.7 Å². The Morgan fingerprint density at radius 2 is 1.78 bits per heavy atom. The quantitative estimate of drug-likeness (QED) is 0.547. The highest BCUT2D eigenvalue weighted by molar-refractivity contribution is 7.74. The summed E-state index contributed by atoms with van der Waals surface area (Å²) in [5.74, 6) is 0. The fourth-order valence-corrected chi connectivity index (χ4v) is 1.79. The molecule has 0 aliphatic heterocycles. The summed E-state index contributed by atoms with van der Waals surface area (Å²) in [5, 5.41) is 0. The second kappa shape index (κ2) is 2.98. The van der Waals surface area contributed by atoms with Gasteiger partial charge in [0.05, 0.1) is 0 Å². The summed E-state index contributed by atoms with van der Waals surface area (Å²) in [6.45, 7) is 8.01. The summed E-state index contributed by atoms with van der Waals surface area (Å²) >= 11 is 5.42. The van der Waals surface area contributed by atoms with E-state index < -0.39 is 7.15 Å². The van der Waals surface area contributed by atoms with Crippen molar-refractivity contribution in [2.75, 3.05) is 0 Å². The van der Waals surface area contributed by atoms with Gasteiger partial charge in [0, 0.05) is 5.41 Å². The van der Waals surface area contributed by atoms with Gasteiger partial charge in [-0.25, -0.2) is 0 Å². The molecule has 0 aliphatic carbocycles. The molecule has 2 atom stereocenters. The predicted octanol–water partition coefficient (Wildman–Crippen LogP) is 3.40. The van der Waals surface area contributed by atoms with Gasteiger partial charge in [0.1, 0.15) is 0 Å². The minimum Gasteiger partial charge on any atom is -0.0558 e. The van der Waals surface area contributed by atoms with Gasteiger partial charge in [-0.1, -0.05) is 25.3 Å². The molecule has 0 spiro atoms. The third-order valence-electron chi connectivity index (χ3n) is 1.56. The van der Waals surface area contributed by atoms with Gasteiger partial charge in [-0.15, -0.1) is 0 Å². The summed E-state index contributed by atoms with van der Waals surface area (Å²) in [4.78, 5) is 0. The van der Waals surface area contributed by atoms with Gasteiger partial charge in [0.25, 0.3) is 0 Å². The van der Waals surface area contributed by atoms with Crippen LogP contribution < -0.4 is 0 Å². The molecule has 0 aliphatic rings. The largest absolute Gasteiger partial charge is 0.458 e. The van der Waals surface area contributed by atoms with Gasteiger partial charge < -0.3 is 0 Å². The summed E-state index contributed by atoms with van der Waals surface area (Å²) in [5.41, 5.74) is 0.157. The third kappa shape index (κ3) is 3.17. The molecule has 54 valence electrons. The van der Waals surface area contributed by atoms with Crippen LogP contribution in [0.5, 0.6) is 0 Å². The molecule has 0 fully saturated rings. The van der Waals surface area contributed by atoms with Crippen molar-refractivity contribution in [1.29, 1.82) is 0 Å². The van der Waals surface area contributed by atoms with Gasteiger partial charge in [-0.3, -0.25) is 0 Å². The Labute approximate surface area is 62.4 Å². The summed E-state index contributed by atoms with van der Waals surface area (Å²) in [7, 11) is -1.53. The molecule has 0 aromatic carbocycles. The lowest BCUT2D eigenvalue weighted by molar-refractivity contribution is 0.400. The molecule has 0 N–H and O–H groups in total. The van der Waals surface area contributed by atoms with Crippen molar-refractivity contribution in [2.45, 2.75) is 33.4 Å². The van der Waals surface area contributed by atoms with Crippen molar-refractivity contribution in [3.05, 3.63) is 0 Å². The van der Waals surface area contributed by atoms with E-state index in [-0.39, 0.29) is 11.1 Å². The average Bonchev–Trinajstić information content (AvgIpc) is 1.62. The van der Waals surface area contributed by atoms with Crippen LogP contribution in [0.25, 0.3) is 0 Å². The van der Waals surface area contributed by atoms with Crippen molar-refractivity contribution in [1.82, 2.24) is 0 Å². The maximum atomic E-state index is 10.7. The highest BCUT2D eigenvalue weighted by Gasteiger charge is 2.35. The van der Waals surface area contributed by atoms with Crippen molar-refractivity contribution in [2.24, 2.45) is 5.41 Å². The van der Waals surface area contributed by atoms with E-state index in [9.17, 15) is 4.57 Å². The minimum atomic E-state index is -1.53. The second-order valence-electron chi connectivity index (χ2n) is 3.31. The fraction of sp³-hybridized carbons (Fsp3) is 1.00. The summed E-state index contributed by atoms with van der Waals surface area (Å²) < 4.78 is 10.7. The first-order chi connectivity index (χ1) is 3.85.